The summed E-state index contributed by atoms with van der Waals surface area (Å²) in [5.74, 6) is -1.46. The number of aromatic carboxylic acids is 1. The minimum Gasteiger partial charge on any atom is -0.493 e. The van der Waals surface area contributed by atoms with E-state index in [9.17, 15) is 18.4 Å². The van der Waals surface area contributed by atoms with Gasteiger partial charge >= 0.3 is 12.6 Å². The van der Waals surface area contributed by atoms with Crippen molar-refractivity contribution in [3.05, 3.63) is 46.9 Å². The fourth-order valence-electron chi connectivity index (χ4n) is 2.12. The van der Waals surface area contributed by atoms with Gasteiger partial charge in [0.25, 0.3) is 5.91 Å². The van der Waals surface area contributed by atoms with Crippen LogP contribution in [0.25, 0.3) is 0 Å². The number of hydrogen-bond donors (Lipinski definition) is 2. The van der Waals surface area contributed by atoms with Crippen molar-refractivity contribution in [1.29, 1.82) is 0 Å². The van der Waals surface area contributed by atoms with Crippen LogP contribution in [-0.4, -0.2) is 30.7 Å². The molecule has 2 N–H and O–H groups in total. The molecule has 7 nitrogen and oxygen atoms in total. The monoisotopic (exact) mass is 355 g/mol. The summed E-state index contributed by atoms with van der Waals surface area (Å²) < 4.78 is 39.2. The summed E-state index contributed by atoms with van der Waals surface area (Å²) in [7, 11) is 1.28. The molecular formula is C16H15F2NO6. The van der Waals surface area contributed by atoms with Crippen LogP contribution < -0.4 is 14.8 Å². The van der Waals surface area contributed by atoms with Gasteiger partial charge in [-0.1, -0.05) is 0 Å². The molecule has 1 amide bonds. The zero-order chi connectivity index (χ0) is 18.6. The number of aryl methyl sites for hydroxylation is 1. The lowest BCUT2D eigenvalue weighted by atomic mass is 10.2. The highest BCUT2D eigenvalue weighted by molar-refractivity contribution is 5.95. The highest BCUT2D eigenvalue weighted by Crippen LogP contribution is 2.29. The second-order valence-electron chi connectivity index (χ2n) is 4.91. The third-order valence-electron chi connectivity index (χ3n) is 3.26. The van der Waals surface area contributed by atoms with Crippen molar-refractivity contribution in [3.8, 4) is 11.5 Å². The van der Waals surface area contributed by atoms with E-state index < -0.39 is 18.5 Å². The number of rotatable bonds is 7. The minimum absolute atomic E-state index is 0.00122. The summed E-state index contributed by atoms with van der Waals surface area (Å²) >= 11 is 0. The summed E-state index contributed by atoms with van der Waals surface area (Å²) in [4.78, 5) is 23.1. The second kappa shape index (κ2) is 7.65. The van der Waals surface area contributed by atoms with Crippen molar-refractivity contribution in [2.45, 2.75) is 20.1 Å². The Labute approximate surface area is 141 Å². The SMILES string of the molecule is COc1ccc(C(=O)NCc2cc(C(=O)O)c(C)o2)cc1OC(F)F. The number of alkyl halides is 2. The van der Waals surface area contributed by atoms with Crippen LogP contribution in [0.2, 0.25) is 0 Å². The molecular weight excluding hydrogens is 340 g/mol. The lowest BCUT2D eigenvalue weighted by Crippen LogP contribution is -2.22. The van der Waals surface area contributed by atoms with Crippen molar-refractivity contribution in [1.82, 2.24) is 5.32 Å². The van der Waals surface area contributed by atoms with Gasteiger partial charge in [0.05, 0.1) is 13.7 Å². The van der Waals surface area contributed by atoms with Crippen LogP contribution >= 0.6 is 0 Å². The standard InChI is InChI=1S/C16H15F2NO6/c1-8-11(15(21)22)6-10(24-8)7-19-14(20)9-3-4-12(23-2)13(5-9)25-16(17)18/h3-6,16H,7H2,1-2H3,(H,19,20)(H,21,22). The molecule has 2 rings (SSSR count). The highest BCUT2D eigenvalue weighted by atomic mass is 19.3. The third kappa shape index (κ3) is 4.46. The van der Waals surface area contributed by atoms with Gasteiger partial charge in [0.1, 0.15) is 17.1 Å². The molecule has 1 aromatic heterocycles. The minimum atomic E-state index is -3.06. The van der Waals surface area contributed by atoms with E-state index in [1.54, 1.807) is 0 Å². The molecule has 0 saturated carbocycles. The Morgan fingerprint density at radius 2 is 2.00 bits per heavy atom. The zero-order valence-electron chi connectivity index (χ0n) is 13.3. The molecule has 0 bridgehead atoms. The molecule has 0 fully saturated rings. The smallest absolute Gasteiger partial charge is 0.387 e. The number of methoxy groups -OCH3 is 1. The zero-order valence-corrected chi connectivity index (χ0v) is 13.3. The van der Waals surface area contributed by atoms with Gasteiger partial charge in [-0.15, -0.1) is 0 Å². The number of carboxylic acid groups (broad SMARTS) is 1. The Hall–Kier alpha value is -3.10. The van der Waals surface area contributed by atoms with Gasteiger partial charge in [0, 0.05) is 5.56 Å². The number of halogens is 2. The number of carbonyl (C=O) groups excluding carboxylic acids is 1. The van der Waals surface area contributed by atoms with E-state index in [2.05, 4.69) is 10.1 Å². The van der Waals surface area contributed by atoms with Crippen LogP contribution in [0.5, 0.6) is 11.5 Å². The maximum absolute atomic E-state index is 12.4. The van der Waals surface area contributed by atoms with Crippen LogP contribution in [0.15, 0.2) is 28.7 Å². The first-order valence-corrected chi connectivity index (χ1v) is 7.05. The maximum Gasteiger partial charge on any atom is 0.387 e. The fourth-order valence-corrected chi connectivity index (χ4v) is 2.12. The number of furan rings is 1. The Morgan fingerprint density at radius 1 is 1.28 bits per heavy atom. The first-order valence-electron chi connectivity index (χ1n) is 7.05. The van der Waals surface area contributed by atoms with Gasteiger partial charge in [-0.2, -0.15) is 8.78 Å². The summed E-state index contributed by atoms with van der Waals surface area (Å²) in [6.45, 7) is -1.64. The first-order chi connectivity index (χ1) is 11.8. The van der Waals surface area contributed by atoms with Gasteiger partial charge in [-0.25, -0.2) is 4.79 Å². The Bertz CT molecular complexity index is 787. The molecule has 0 radical (unpaired) electrons. The Morgan fingerprint density at radius 3 is 2.56 bits per heavy atom. The van der Waals surface area contributed by atoms with Crippen LogP contribution in [0.3, 0.4) is 0 Å². The molecule has 0 saturated heterocycles. The average Bonchev–Trinajstić information content (AvgIpc) is 2.93. The van der Waals surface area contributed by atoms with E-state index in [0.717, 1.165) is 6.07 Å². The van der Waals surface area contributed by atoms with Crippen molar-refractivity contribution >= 4 is 11.9 Å². The van der Waals surface area contributed by atoms with Crippen molar-refractivity contribution < 1.29 is 37.4 Å². The summed E-state index contributed by atoms with van der Waals surface area (Å²) in [6, 6.07) is 5.13. The van der Waals surface area contributed by atoms with E-state index in [1.165, 1.54) is 32.2 Å². The van der Waals surface area contributed by atoms with E-state index in [0.29, 0.717) is 0 Å². The second-order valence-corrected chi connectivity index (χ2v) is 4.91. The first kappa shape index (κ1) is 18.2. The molecule has 0 aliphatic carbocycles. The molecule has 0 spiro atoms. The van der Waals surface area contributed by atoms with Gasteiger partial charge in [-0.3, -0.25) is 4.79 Å². The molecule has 134 valence electrons. The van der Waals surface area contributed by atoms with Crippen LogP contribution in [0.4, 0.5) is 8.78 Å². The summed E-state index contributed by atoms with van der Waals surface area (Å²) in [5, 5.41) is 11.5. The van der Waals surface area contributed by atoms with Crippen molar-refractivity contribution in [2.24, 2.45) is 0 Å². The normalized spacial score (nSPS) is 10.6. The predicted molar refractivity (Wildman–Crippen MR) is 81.2 cm³/mol. The fraction of sp³-hybridized carbons (Fsp3) is 0.250. The van der Waals surface area contributed by atoms with Gasteiger partial charge in [0.2, 0.25) is 0 Å². The third-order valence-corrected chi connectivity index (χ3v) is 3.26. The molecule has 9 heteroatoms. The molecule has 2 aromatic rings. The van der Waals surface area contributed by atoms with Gasteiger partial charge in [-0.05, 0) is 31.2 Å². The molecule has 0 aliphatic rings. The average molecular weight is 355 g/mol. The van der Waals surface area contributed by atoms with E-state index in [-0.39, 0.29) is 40.7 Å². The number of benzene rings is 1. The summed E-state index contributed by atoms with van der Waals surface area (Å²) in [5.41, 5.74) is 0.0690. The quantitative estimate of drug-likeness (QED) is 0.793. The van der Waals surface area contributed by atoms with Crippen LogP contribution in [-0.2, 0) is 6.54 Å². The van der Waals surface area contributed by atoms with E-state index in [4.69, 9.17) is 14.3 Å². The molecule has 0 atom stereocenters. The number of ether oxygens (including phenoxy) is 2. The van der Waals surface area contributed by atoms with Crippen LogP contribution in [0, 0.1) is 6.92 Å². The highest BCUT2D eigenvalue weighted by Gasteiger charge is 2.16. The van der Waals surface area contributed by atoms with Crippen LogP contribution in [0.1, 0.15) is 32.2 Å². The lowest BCUT2D eigenvalue weighted by molar-refractivity contribution is -0.0512. The van der Waals surface area contributed by atoms with E-state index >= 15 is 0 Å². The Kier molecular flexibility index (Phi) is 5.58. The molecule has 1 heterocycles. The number of carbonyl (C=O) groups is 2. The lowest BCUT2D eigenvalue weighted by Gasteiger charge is -2.11. The maximum atomic E-state index is 12.4. The van der Waals surface area contributed by atoms with E-state index in [1.807, 2.05) is 0 Å². The predicted octanol–water partition coefficient (Wildman–Crippen LogP) is 2.83. The largest absolute Gasteiger partial charge is 0.493 e. The molecule has 1 aromatic carbocycles. The summed E-state index contributed by atoms with van der Waals surface area (Å²) in [6.07, 6.45) is 0. The van der Waals surface area contributed by atoms with Crippen molar-refractivity contribution in [2.75, 3.05) is 7.11 Å². The number of hydrogen-bond acceptors (Lipinski definition) is 5. The number of nitrogens with one attached hydrogen (secondary N) is 1. The number of amides is 1. The Balaban J connectivity index is 2.10. The van der Waals surface area contributed by atoms with Crippen molar-refractivity contribution in [3.63, 3.8) is 0 Å². The molecule has 0 aliphatic heterocycles. The van der Waals surface area contributed by atoms with Gasteiger partial charge in [0.15, 0.2) is 11.5 Å². The number of carboxylic acids is 1. The molecule has 0 unspecified atom stereocenters. The molecule has 25 heavy (non-hydrogen) atoms. The van der Waals surface area contributed by atoms with Gasteiger partial charge < -0.3 is 24.3 Å². The topological polar surface area (TPSA) is 98.0 Å².